The lowest BCUT2D eigenvalue weighted by Gasteiger charge is -2.01. The minimum Gasteiger partial charge on any atom is -0.329 e. The van der Waals surface area contributed by atoms with E-state index in [4.69, 9.17) is 0 Å². The van der Waals surface area contributed by atoms with E-state index < -0.39 is 17.0 Å². The number of azo groups is 1. The second-order valence-electron chi connectivity index (χ2n) is 4.41. The number of nitro benzene ring substituents is 1. The molecule has 1 heterocycles. The number of nitro groups is 1. The van der Waals surface area contributed by atoms with E-state index in [1.54, 1.807) is 24.4 Å². The largest absolute Gasteiger partial charge is 0.364 e. The Morgan fingerprint density at radius 2 is 1.79 bits per heavy atom. The molecule has 2 aromatic rings. The van der Waals surface area contributed by atoms with E-state index in [0.717, 1.165) is 0 Å². The molecule has 0 spiro atoms. The number of anilines is 1. The molecule has 4 amide bonds. The van der Waals surface area contributed by atoms with Crippen LogP contribution in [0.4, 0.5) is 21.0 Å². The molecule has 2 rings (SSSR count). The van der Waals surface area contributed by atoms with Crippen molar-refractivity contribution in [2.45, 2.75) is 6.54 Å². The molecule has 0 aliphatic heterocycles. The van der Waals surface area contributed by atoms with Crippen molar-refractivity contribution in [1.29, 1.82) is 0 Å². The molecule has 0 saturated carbocycles. The molecule has 2 N–H and O–H groups in total. The molecule has 0 aliphatic rings. The molecule has 10 heteroatoms. The van der Waals surface area contributed by atoms with Gasteiger partial charge in [0.05, 0.1) is 17.2 Å². The summed E-state index contributed by atoms with van der Waals surface area (Å²) in [5.41, 5.74) is 0.818. The van der Waals surface area contributed by atoms with E-state index in [9.17, 15) is 19.7 Å². The lowest BCUT2D eigenvalue weighted by Crippen LogP contribution is -2.19. The summed E-state index contributed by atoms with van der Waals surface area (Å²) in [4.78, 5) is 36.9. The van der Waals surface area contributed by atoms with Crippen molar-refractivity contribution in [3.63, 3.8) is 0 Å². The van der Waals surface area contributed by atoms with E-state index in [0.29, 0.717) is 11.4 Å². The second kappa shape index (κ2) is 8.08. The van der Waals surface area contributed by atoms with Crippen LogP contribution in [0.2, 0.25) is 0 Å². The van der Waals surface area contributed by atoms with Crippen molar-refractivity contribution in [2.75, 3.05) is 5.32 Å². The Labute approximate surface area is 135 Å². The molecule has 10 nitrogen and oxygen atoms in total. The second-order valence-corrected chi connectivity index (χ2v) is 4.41. The zero-order valence-corrected chi connectivity index (χ0v) is 12.2. The highest BCUT2D eigenvalue weighted by Crippen LogP contribution is 2.15. The van der Waals surface area contributed by atoms with Gasteiger partial charge in [-0.05, 0) is 24.3 Å². The van der Waals surface area contributed by atoms with Gasteiger partial charge in [-0.25, -0.2) is 9.59 Å². The van der Waals surface area contributed by atoms with Crippen molar-refractivity contribution < 1.29 is 14.5 Å². The summed E-state index contributed by atoms with van der Waals surface area (Å²) in [6.45, 7) is 0.155. The number of carbonyl (C=O) groups excluding carboxylic acids is 2. The van der Waals surface area contributed by atoms with E-state index in [1.165, 1.54) is 24.3 Å². The Morgan fingerprint density at radius 1 is 1.08 bits per heavy atom. The lowest BCUT2D eigenvalue weighted by atomic mass is 10.3. The van der Waals surface area contributed by atoms with Crippen LogP contribution in [0.15, 0.2) is 58.9 Å². The van der Waals surface area contributed by atoms with Crippen molar-refractivity contribution >= 4 is 23.4 Å². The summed E-state index contributed by atoms with van der Waals surface area (Å²) in [5, 5.41) is 21.7. The van der Waals surface area contributed by atoms with E-state index in [1.807, 2.05) is 0 Å². The first-order valence-corrected chi connectivity index (χ1v) is 6.69. The number of aromatic nitrogens is 1. The van der Waals surface area contributed by atoms with Crippen molar-refractivity contribution in [3.05, 3.63) is 64.5 Å². The molecule has 0 fully saturated rings. The van der Waals surface area contributed by atoms with Gasteiger partial charge in [0.1, 0.15) is 0 Å². The van der Waals surface area contributed by atoms with Crippen LogP contribution in [-0.2, 0) is 6.54 Å². The highest BCUT2D eigenvalue weighted by molar-refractivity contribution is 5.90. The van der Waals surface area contributed by atoms with Gasteiger partial charge in [0.25, 0.3) is 5.69 Å². The highest BCUT2D eigenvalue weighted by atomic mass is 16.6. The highest BCUT2D eigenvalue weighted by Gasteiger charge is 2.06. The number of benzene rings is 1. The summed E-state index contributed by atoms with van der Waals surface area (Å²) in [6, 6.07) is 8.70. The van der Waals surface area contributed by atoms with Crippen molar-refractivity contribution in [2.24, 2.45) is 10.2 Å². The van der Waals surface area contributed by atoms with Gasteiger partial charge in [0.15, 0.2) is 0 Å². The van der Waals surface area contributed by atoms with Crippen LogP contribution in [0.1, 0.15) is 5.69 Å². The number of urea groups is 2. The van der Waals surface area contributed by atoms with Crippen molar-refractivity contribution in [1.82, 2.24) is 10.3 Å². The number of nitrogens with zero attached hydrogens (tertiary/aromatic N) is 4. The number of hydrogen-bond donors (Lipinski definition) is 2. The Balaban J connectivity index is 1.81. The first-order valence-electron chi connectivity index (χ1n) is 6.69. The summed E-state index contributed by atoms with van der Waals surface area (Å²) >= 11 is 0. The number of amides is 4. The summed E-state index contributed by atoms with van der Waals surface area (Å²) in [7, 11) is 0. The van der Waals surface area contributed by atoms with Crippen molar-refractivity contribution in [3.8, 4) is 0 Å². The maximum atomic E-state index is 11.5. The lowest BCUT2D eigenvalue weighted by molar-refractivity contribution is -0.384. The topological polar surface area (TPSA) is 139 Å². The van der Waals surface area contributed by atoms with Crippen LogP contribution in [0, 0.1) is 10.1 Å². The van der Waals surface area contributed by atoms with Gasteiger partial charge < -0.3 is 10.6 Å². The molecule has 0 radical (unpaired) electrons. The van der Waals surface area contributed by atoms with Gasteiger partial charge in [-0.2, -0.15) is 0 Å². The van der Waals surface area contributed by atoms with Crippen LogP contribution in [0.5, 0.6) is 0 Å². The molecule has 1 aromatic heterocycles. The van der Waals surface area contributed by atoms with E-state index in [2.05, 4.69) is 25.8 Å². The number of non-ortho nitro benzene ring substituents is 1. The van der Waals surface area contributed by atoms with E-state index >= 15 is 0 Å². The van der Waals surface area contributed by atoms with Gasteiger partial charge in [-0.15, -0.1) is 0 Å². The summed E-state index contributed by atoms with van der Waals surface area (Å²) < 4.78 is 0. The van der Waals surface area contributed by atoms with Gasteiger partial charge in [0.2, 0.25) is 0 Å². The van der Waals surface area contributed by atoms with Crippen LogP contribution in [0.3, 0.4) is 0 Å². The zero-order valence-electron chi connectivity index (χ0n) is 12.2. The normalized spacial score (nSPS) is 10.3. The number of pyridine rings is 1. The number of rotatable bonds is 4. The number of nitrogens with one attached hydrogen (secondary N) is 2. The number of carbonyl (C=O) groups is 2. The first kappa shape index (κ1) is 16.7. The quantitative estimate of drug-likeness (QED) is 0.504. The van der Waals surface area contributed by atoms with Crippen LogP contribution in [0.25, 0.3) is 0 Å². The fraction of sp³-hybridized carbons (Fsp3) is 0.0714. The SMILES string of the molecule is O=C(/N=N/C(=O)Nc1ccc([N+](=O)[O-])cc1)NCc1ccccn1. The van der Waals surface area contributed by atoms with Gasteiger partial charge in [-0.1, -0.05) is 16.3 Å². The summed E-state index contributed by atoms with van der Waals surface area (Å²) in [6.07, 6.45) is 1.58. The monoisotopic (exact) mass is 328 g/mol. The third-order valence-electron chi connectivity index (χ3n) is 2.71. The third kappa shape index (κ3) is 5.26. The minimum atomic E-state index is -0.878. The average molecular weight is 328 g/mol. The van der Waals surface area contributed by atoms with E-state index in [-0.39, 0.29) is 12.2 Å². The van der Waals surface area contributed by atoms with Gasteiger partial charge in [-0.3, -0.25) is 15.1 Å². The molecular weight excluding hydrogens is 316 g/mol. The molecule has 0 aliphatic carbocycles. The fourth-order valence-electron chi connectivity index (χ4n) is 1.61. The average Bonchev–Trinajstić information content (AvgIpc) is 2.59. The standard InChI is InChI=1S/C14H12N6O4/c21-13(16-9-11-3-1-2-8-15-11)18-19-14(22)17-10-4-6-12(7-5-10)20(23)24/h1-8H,9H2,(H,16,21)(H,17,22)/b19-18+. The zero-order chi connectivity index (χ0) is 17.4. The number of hydrogen-bond acceptors (Lipinski definition) is 5. The molecule has 0 unspecified atom stereocenters. The Morgan fingerprint density at radius 3 is 2.42 bits per heavy atom. The van der Waals surface area contributed by atoms with Gasteiger partial charge >= 0.3 is 12.1 Å². The smallest absolute Gasteiger partial charge is 0.329 e. The Kier molecular flexibility index (Phi) is 5.61. The first-order chi connectivity index (χ1) is 11.5. The maximum absolute atomic E-state index is 11.5. The predicted octanol–water partition coefficient (Wildman–Crippen LogP) is 2.88. The fourth-order valence-corrected chi connectivity index (χ4v) is 1.61. The molecular formula is C14H12N6O4. The molecule has 122 valence electrons. The Hall–Kier alpha value is -3.69. The van der Waals surface area contributed by atoms with Crippen LogP contribution >= 0.6 is 0 Å². The molecule has 0 bridgehead atoms. The van der Waals surface area contributed by atoms with Crippen LogP contribution in [-0.4, -0.2) is 22.0 Å². The summed E-state index contributed by atoms with van der Waals surface area (Å²) in [5.74, 6) is 0. The minimum absolute atomic E-state index is 0.108. The maximum Gasteiger partial charge on any atom is 0.364 e. The molecule has 1 aromatic carbocycles. The van der Waals surface area contributed by atoms with Gasteiger partial charge in [0, 0.05) is 24.0 Å². The molecule has 0 atom stereocenters. The molecule has 0 saturated heterocycles. The molecule has 24 heavy (non-hydrogen) atoms. The predicted molar refractivity (Wildman–Crippen MR) is 83.4 cm³/mol. The Bertz CT molecular complexity index is 761. The third-order valence-corrected chi connectivity index (χ3v) is 2.71. The van der Waals surface area contributed by atoms with Crippen LogP contribution < -0.4 is 10.6 Å².